The number of para-hydroxylation sites is 1. The number of amides is 2. The van der Waals surface area contributed by atoms with E-state index in [0.717, 1.165) is 0 Å². The molecule has 0 aliphatic carbocycles. The number of rotatable bonds is 8. The average Bonchev–Trinajstić information content (AvgIpc) is 3.25. The van der Waals surface area contributed by atoms with Crippen LogP contribution in [0.5, 0.6) is 0 Å². The molecular weight excluding hydrogens is 418 g/mol. The standard InChI is InChI=1S/C22H23N3O5S/c1-15(2)25-31(28,29)18-11-9-16(10-12-18)21(26)24-20-8-4-3-7-19(20)22(27)23-14-17-6-5-13-30-17/h3-13,15,25H,14H2,1-2H3,(H,23,27)(H,24,26). The Kier molecular flexibility index (Phi) is 6.88. The minimum Gasteiger partial charge on any atom is -0.467 e. The molecule has 1 heterocycles. The normalized spacial score (nSPS) is 11.3. The Bertz CT molecular complexity index is 1150. The Morgan fingerprint density at radius 3 is 2.29 bits per heavy atom. The maximum Gasteiger partial charge on any atom is 0.255 e. The summed E-state index contributed by atoms with van der Waals surface area (Å²) in [5, 5.41) is 5.44. The summed E-state index contributed by atoms with van der Waals surface area (Å²) in [4.78, 5) is 25.3. The molecule has 3 N–H and O–H groups in total. The predicted molar refractivity (Wildman–Crippen MR) is 116 cm³/mol. The van der Waals surface area contributed by atoms with Crippen molar-refractivity contribution in [3.63, 3.8) is 0 Å². The largest absolute Gasteiger partial charge is 0.467 e. The Hall–Kier alpha value is -3.43. The summed E-state index contributed by atoms with van der Waals surface area (Å²) in [6, 6.07) is 15.4. The van der Waals surface area contributed by atoms with Gasteiger partial charge < -0.3 is 15.1 Å². The van der Waals surface area contributed by atoms with E-state index in [1.165, 1.54) is 30.5 Å². The number of carbonyl (C=O) groups excluding carboxylic acids is 2. The zero-order valence-corrected chi connectivity index (χ0v) is 17.9. The highest BCUT2D eigenvalue weighted by Crippen LogP contribution is 2.18. The molecule has 0 bridgehead atoms. The van der Waals surface area contributed by atoms with Crippen LogP contribution in [0, 0.1) is 0 Å². The zero-order chi connectivity index (χ0) is 22.4. The van der Waals surface area contributed by atoms with Gasteiger partial charge in [0, 0.05) is 11.6 Å². The van der Waals surface area contributed by atoms with Crippen molar-refractivity contribution >= 4 is 27.5 Å². The molecule has 0 saturated carbocycles. The minimum absolute atomic E-state index is 0.0652. The van der Waals surface area contributed by atoms with Gasteiger partial charge in [0.25, 0.3) is 11.8 Å². The highest BCUT2D eigenvalue weighted by Gasteiger charge is 2.17. The van der Waals surface area contributed by atoms with Gasteiger partial charge in [-0.1, -0.05) is 12.1 Å². The number of hydrogen-bond donors (Lipinski definition) is 3. The van der Waals surface area contributed by atoms with Crippen LogP contribution in [0.1, 0.15) is 40.3 Å². The van der Waals surface area contributed by atoms with Crippen LogP contribution in [0.4, 0.5) is 5.69 Å². The second kappa shape index (κ2) is 9.59. The fraction of sp³-hybridized carbons (Fsp3) is 0.182. The van der Waals surface area contributed by atoms with Crippen LogP contribution in [0.15, 0.2) is 76.2 Å². The summed E-state index contributed by atoms with van der Waals surface area (Å²) in [6.07, 6.45) is 1.52. The van der Waals surface area contributed by atoms with Gasteiger partial charge in [0.1, 0.15) is 5.76 Å². The lowest BCUT2D eigenvalue weighted by Crippen LogP contribution is -2.30. The Morgan fingerprint density at radius 1 is 0.935 bits per heavy atom. The summed E-state index contributed by atoms with van der Waals surface area (Å²) >= 11 is 0. The summed E-state index contributed by atoms with van der Waals surface area (Å²) < 4.78 is 32.1. The van der Waals surface area contributed by atoms with Gasteiger partial charge in [-0.2, -0.15) is 0 Å². The highest BCUT2D eigenvalue weighted by atomic mass is 32.2. The Balaban J connectivity index is 1.71. The molecule has 0 saturated heterocycles. The van der Waals surface area contributed by atoms with Crippen molar-refractivity contribution in [3.8, 4) is 0 Å². The summed E-state index contributed by atoms with van der Waals surface area (Å²) in [5.74, 6) is -0.225. The number of anilines is 1. The third kappa shape index (κ3) is 5.80. The van der Waals surface area contributed by atoms with Crippen LogP contribution in [0.3, 0.4) is 0 Å². The van der Waals surface area contributed by atoms with E-state index in [2.05, 4.69) is 15.4 Å². The van der Waals surface area contributed by atoms with Gasteiger partial charge in [0.15, 0.2) is 0 Å². The van der Waals surface area contributed by atoms with Crippen LogP contribution < -0.4 is 15.4 Å². The molecule has 3 aromatic rings. The minimum atomic E-state index is -3.65. The molecule has 0 fully saturated rings. The maximum atomic E-state index is 12.6. The van der Waals surface area contributed by atoms with Crippen LogP contribution in [-0.2, 0) is 16.6 Å². The Morgan fingerprint density at radius 2 is 1.65 bits per heavy atom. The van der Waals surface area contributed by atoms with Crippen molar-refractivity contribution in [1.29, 1.82) is 0 Å². The first-order valence-corrected chi connectivity index (χ1v) is 11.1. The number of sulfonamides is 1. The molecule has 8 nitrogen and oxygen atoms in total. The molecule has 1 aromatic heterocycles. The molecule has 0 aliphatic heterocycles. The molecule has 2 amide bonds. The zero-order valence-electron chi connectivity index (χ0n) is 17.1. The van der Waals surface area contributed by atoms with Crippen molar-refractivity contribution in [2.24, 2.45) is 0 Å². The van der Waals surface area contributed by atoms with Crippen LogP contribution in [0.25, 0.3) is 0 Å². The van der Waals surface area contributed by atoms with E-state index >= 15 is 0 Å². The van der Waals surface area contributed by atoms with Gasteiger partial charge in [0.2, 0.25) is 10.0 Å². The van der Waals surface area contributed by atoms with E-state index < -0.39 is 15.9 Å². The molecular formula is C22H23N3O5S. The van der Waals surface area contributed by atoms with Gasteiger partial charge >= 0.3 is 0 Å². The number of carbonyl (C=O) groups is 2. The van der Waals surface area contributed by atoms with Crippen molar-refractivity contribution in [2.45, 2.75) is 31.3 Å². The summed E-state index contributed by atoms with van der Waals surface area (Å²) in [7, 11) is -3.65. The smallest absolute Gasteiger partial charge is 0.255 e. The third-order valence-corrected chi connectivity index (χ3v) is 5.92. The van der Waals surface area contributed by atoms with E-state index in [1.807, 2.05) is 0 Å². The molecule has 0 unspecified atom stereocenters. The summed E-state index contributed by atoms with van der Waals surface area (Å²) in [5.41, 5.74) is 0.889. The van der Waals surface area contributed by atoms with E-state index in [1.54, 1.807) is 50.2 Å². The van der Waals surface area contributed by atoms with Crippen LogP contribution in [-0.4, -0.2) is 26.3 Å². The fourth-order valence-electron chi connectivity index (χ4n) is 2.82. The first-order chi connectivity index (χ1) is 14.8. The van der Waals surface area contributed by atoms with Crippen molar-refractivity contribution in [2.75, 3.05) is 5.32 Å². The monoisotopic (exact) mass is 441 g/mol. The van der Waals surface area contributed by atoms with Gasteiger partial charge in [-0.25, -0.2) is 13.1 Å². The van der Waals surface area contributed by atoms with Crippen LogP contribution in [0.2, 0.25) is 0 Å². The molecule has 3 rings (SSSR count). The lowest BCUT2D eigenvalue weighted by atomic mass is 10.1. The molecule has 0 atom stereocenters. The quantitative estimate of drug-likeness (QED) is 0.496. The van der Waals surface area contributed by atoms with Gasteiger partial charge in [-0.15, -0.1) is 0 Å². The average molecular weight is 442 g/mol. The molecule has 0 aliphatic rings. The fourth-order valence-corrected chi connectivity index (χ4v) is 4.08. The third-order valence-electron chi connectivity index (χ3n) is 4.24. The SMILES string of the molecule is CC(C)NS(=O)(=O)c1ccc(C(=O)Nc2ccccc2C(=O)NCc2ccco2)cc1. The van der Waals surface area contributed by atoms with Crippen molar-refractivity contribution < 1.29 is 22.4 Å². The molecule has 0 radical (unpaired) electrons. The van der Waals surface area contributed by atoms with E-state index in [9.17, 15) is 18.0 Å². The molecule has 162 valence electrons. The first-order valence-electron chi connectivity index (χ1n) is 9.59. The van der Waals surface area contributed by atoms with Crippen molar-refractivity contribution in [3.05, 3.63) is 83.8 Å². The second-order valence-corrected chi connectivity index (χ2v) is 8.78. The van der Waals surface area contributed by atoms with Crippen molar-refractivity contribution in [1.82, 2.24) is 10.0 Å². The van der Waals surface area contributed by atoms with Gasteiger partial charge in [0.05, 0.1) is 29.0 Å². The van der Waals surface area contributed by atoms with E-state index in [0.29, 0.717) is 17.0 Å². The molecule has 9 heteroatoms. The number of furan rings is 1. The first kappa shape index (κ1) is 22.3. The summed E-state index contributed by atoms with van der Waals surface area (Å²) in [6.45, 7) is 3.66. The second-order valence-electron chi connectivity index (χ2n) is 7.06. The van der Waals surface area contributed by atoms with Gasteiger partial charge in [-0.3, -0.25) is 9.59 Å². The lowest BCUT2D eigenvalue weighted by Gasteiger charge is -2.12. The number of hydrogen-bond acceptors (Lipinski definition) is 5. The lowest BCUT2D eigenvalue weighted by molar-refractivity contribution is 0.0949. The molecule has 0 spiro atoms. The Labute approximate surface area is 180 Å². The topological polar surface area (TPSA) is 118 Å². The highest BCUT2D eigenvalue weighted by molar-refractivity contribution is 7.89. The molecule has 2 aromatic carbocycles. The van der Waals surface area contributed by atoms with Gasteiger partial charge in [-0.05, 0) is 62.4 Å². The number of benzene rings is 2. The van der Waals surface area contributed by atoms with E-state index in [-0.39, 0.29) is 29.0 Å². The van der Waals surface area contributed by atoms with E-state index in [4.69, 9.17) is 4.42 Å². The maximum absolute atomic E-state index is 12.6. The number of nitrogens with one attached hydrogen (secondary N) is 3. The predicted octanol–water partition coefficient (Wildman–Crippen LogP) is 3.15. The van der Waals surface area contributed by atoms with Crippen LogP contribution >= 0.6 is 0 Å². The molecule has 31 heavy (non-hydrogen) atoms.